The van der Waals surface area contributed by atoms with Gasteiger partial charge in [-0.2, -0.15) is 0 Å². The number of allylic oxidation sites excluding steroid dienone is 2. The van der Waals surface area contributed by atoms with Crippen molar-refractivity contribution in [2.24, 2.45) is 11.8 Å². The number of fused-ring (bicyclic) bond motifs is 1. The minimum Gasteiger partial charge on any atom is -0.463 e. The van der Waals surface area contributed by atoms with Gasteiger partial charge in [0.25, 0.3) is 0 Å². The number of aliphatic hydroxyl groups is 1. The van der Waals surface area contributed by atoms with Crippen LogP contribution in [0.4, 0.5) is 0 Å². The Labute approximate surface area is 247 Å². The summed E-state index contributed by atoms with van der Waals surface area (Å²) in [5, 5.41) is 13.9. The van der Waals surface area contributed by atoms with Crippen LogP contribution in [0.3, 0.4) is 0 Å². The minimum absolute atomic E-state index is 0.0438. The minimum atomic E-state index is -0.560. The number of cyclic esters (lactones) is 1. The van der Waals surface area contributed by atoms with E-state index in [9.17, 15) is 19.5 Å². The van der Waals surface area contributed by atoms with Crippen LogP contribution in [-0.2, 0) is 32.0 Å². The molecule has 5 rings (SSSR count). The molecule has 2 aromatic carbocycles. The quantitative estimate of drug-likeness (QED) is 0.289. The summed E-state index contributed by atoms with van der Waals surface area (Å²) in [6.45, 7) is 0.586. The lowest BCUT2D eigenvalue weighted by molar-refractivity contribution is -0.150. The van der Waals surface area contributed by atoms with E-state index in [0.717, 1.165) is 34.9 Å². The van der Waals surface area contributed by atoms with Crippen LogP contribution in [0.25, 0.3) is 10.9 Å². The molecular weight excluding hydrogens is 530 g/mol. The largest absolute Gasteiger partial charge is 0.463 e. The summed E-state index contributed by atoms with van der Waals surface area (Å²) in [6, 6.07) is 17.3. The van der Waals surface area contributed by atoms with Gasteiger partial charge in [-0.25, -0.2) is 0 Å². The van der Waals surface area contributed by atoms with E-state index in [1.54, 1.807) is 4.90 Å². The summed E-state index contributed by atoms with van der Waals surface area (Å²) in [6.07, 6.45) is 10.4. The number of nitrogens with zero attached hydrogens (tertiary/aromatic N) is 1. The Bertz CT molecular complexity index is 1380. The molecule has 2 aliphatic rings. The van der Waals surface area contributed by atoms with E-state index in [1.807, 2.05) is 72.9 Å². The second-order valence-corrected chi connectivity index (χ2v) is 11.5. The Hall–Kier alpha value is -3.91. The number of benzene rings is 2. The molecule has 42 heavy (non-hydrogen) atoms. The van der Waals surface area contributed by atoms with Gasteiger partial charge >= 0.3 is 5.97 Å². The van der Waals surface area contributed by atoms with Crippen LogP contribution in [-0.4, -0.2) is 64.6 Å². The Morgan fingerprint density at radius 2 is 1.79 bits per heavy atom. The predicted molar refractivity (Wildman–Crippen MR) is 161 cm³/mol. The van der Waals surface area contributed by atoms with Gasteiger partial charge in [0.2, 0.25) is 11.8 Å². The lowest BCUT2D eigenvalue weighted by Gasteiger charge is -2.26. The molecule has 0 aliphatic carbocycles. The maximum Gasteiger partial charge on any atom is 0.309 e. The highest BCUT2D eigenvalue weighted by Crippen LogP contribution is 2.24. The smallest absolute Gasteiger partial charge is 0.309 e. The number of hydrogen-bond acceptors (Lipinski definition) is 5. The van der Waals surface area contributed by atoms with E-state index in [0.29, 0.717) is 38.6 Å². The molecule has 8 nitrogen and oxygen atoms in total. The topological polar surface area (TPSA) is 112 Å². The van der Waals surface area contributed by atoms with E-state index in [4.69, 9.17) is 4.74 Å². The van der Waals surface area contributed by atoms with Crippen molar-refractivity contribution >= 4 is 28.7 Å². The first-order chi connectivity index (χ1) is 20.5. The van der Waals surface area contributed by atoms with Crippen LogP contribution in [0.5, 0.6) is 0 Å². The number of carbonyl (C=O) groups is 3. The Morgan fingerprint density at radius 3 is 2.62 bits per heavy atom. The molecule has 1 aromatic heterocycles. The number of aromatic amines is 1. The van der Waals surface area contributed by atoms with Crippen molar-refractivity contribution in [2.45, 2.75) is 63.5 Å². The van der Waals surface area contributed by atoms with Gasteiger partial charge in [-0.3, -0.25) is 14.4 Å². The average molecular weight is 572 g/mol. The molecule has 1 saturated heterocycles. The van der Waals surface area contributed by atoms with Crippen LogP contribution in [0.1, 0.15) is 49.7 Å². The van der Waals surface area contributed by atoms with Crippen molar-refractivity contribution in [3.05, 3.63) is 84.1 Å². The molecule has 0 unspecified atom stereocenters. The number of H-pyrrole nitrogens is 1. The van der Waals surface area contributed by atoms with Crippen LogP contribution < -0.4 is 5.32 Å². The van der Waals surface area contributed by atoms with Gasteiger partial charge in [-0.05, 0) is 62.1 Å². The van der Waals surface area contributed by atoms with Gasteiger partial charge in [0.1, 0.15) is 6.61 Å². The molecule has 0 spiro atoms. The zero-order valence-electron chi connectivity index (χ0n) is 24.0. The molecule has 2 amide bonds. The third kappa shape index (κ3) is 7.48. The molecule has 0 saturated carbocycles. The van der Waals surface area contributed by atoms with Crippen molar-refractivity contribution in [3.63, 3.8) is 0 Å². The highest BCUT2D eigenvalue weighted by Gasteiger charge is 2.32. The number of hydrogen-bond donors (Lipinski definition) is 3. The number of rotatable bonds is 7. The van der Waals surface area contributed by atoms with Gasteiger partial charge in [0.05, 0.1) is 30.5 Å². The van der Waals surface area contributed by atoms with Gasteiger partial charge in [0.15, 0.2) is 0 Å². The maximum atomic E-state index is 13.7. The summed E-state index contributed by atoms with van der Waals surface area (Å²) < 4.78 is 5.90. The van der Waals surface area contributed by atoms with Gasteiger partial charge in [-0.15, -0.1) is 0 Å². The second kappa shape index (κ2) is 14.3. The van der Waals surface area contributed by atoms with Crippen molar-refractivity contribution in [1.29, 1.82) is 0 Å². The summed E-state index contributed by atoms with van der Waals surface area (Å²) >= 11 is 0. The van der Waals surface area contributed by atoms with Gasteiger partial charge < -0.3 is 25.0 Å². The van der Waals surface area contributed by atoms with Gasteiger partial charge in [0, 0.05) is 30.1 Å². The van der Waals surface area contributed by atoms with E-state index in [-0.39, 0.29) is 49.4 Å². The molecule has 0 bridgehead atoms. The second-order valence-electron chi connectivity index (χ2n) is 11.5. The lowest BCUT2D eigenvalue weighted by atomic mass is 9.94. The van der Waals surface area contributed by atoms with Gasteiger partial charge in [-0.1, -0.05) is 60.7 Å². The van der Waals surface area contributed by atoms with E-state index < -0.39 is 12.0 Å². The summed E-state index contributed by atoms with van der Waals surface area (Å²) in [5.74, 6) is -1.46. The fourth-order valence-corrected chi connectivity index (χ4v) is 6.18. The lowest BCUT2D eigenvalue weighted by Crippen LogP contribution is -2.45. The molecule has 3 N–H and O–H groups in total. The van der Waals surface area contributed by atoms with Crippen molar-refractivity contribution < 1.29 is 24.2 Å². The van der Waals surface area contributed by atoms with Crippen molar-refractivity contribution in [2.75, 3.05) is 19.8 Å². The molecule has 0 radical (unpaired) electrons. The van der Waals surface area contributed by atoms with Crippen LogP contribution in [0, 0.1) is 11.8 Å². The average Bonchev–Trinajstić information content (AvgIpc) is 3.66. The van der Waals surface area contributed by atoms with Crippen LogP contribution in [0.2, 0.25) is 0 Å². The number of likely N-dealkylation sites (tertiary alicyclic amines) is 1. The zero-order chi connectivity index (χ0) is 29.3. The third-order valence-electron chi connectivity index (χ3n) is 8.54. The fraction of sp³-hybridized carbons (Fsp3) is 0.441. The Kier molecular flexibility index (Phi) is 10.1. The van der Waals surface area contributed by atoms with E-state index >= 15 is 0 Å². The fourth-order valence-electron chi connectivity index (χ4n) is 6.18. The maximum absolute atomic E-state index is 13.7. The molecule has 1 fully saturated rings. The first-order valence-corrected chi connectivity index (χ1v) is 15.1. The van der Waals surface area contributed by atoms with Crippen molar-refractivity contribution in [3.8, 4) is 0 Å². The van der Waals surface area contributed by atoms with E-state index in [2.05, 4.69) is 10.3 Å². The highest BCUT2D eigenvalue weighted by atomic mass is 16.5. The number of aliphatic hydroxyl groups excluding tert-OH is 1. The standard InChI is InChI=1S/C34H41N3O5/c38-22-29-14-9-17-37(29)32(39)20-25-12-5-2-6-13-26(18-24-10-3-1-4-11-24)34(41)42-23-28(36-33(25)40)19-27-21-35-31-16-8-7-15-30(27)31/h1-5,7-8,10-11,15-16,21,25-26,28-29,35,38H,6,9,12-14,17-20,22-23H2,(H,36,40)/t25-,26-,28+,29+/m1/s1. The van der Waals surface area contributed by atoms with Crippen LogP contribution in [0.15, 0.2) is 72.9 Å². The monoisotopic (exact) mass is 571 g/mol. The summed E-state index contributed by atoms with van der Waals surface area (Å²) in [4.78, 5) is 45.3. The predicted octanol–water partition coefficient (Wildman–Crippen LogP) is 4.33. The first-order valence-electron chi connectivity index (χ1n) is 15.1. The Morgan fingerprint density at radius 1 is 0.976 bits per heavy atom. The molecule has 4 atom stereocenters. The molecule has 222 valence electrons. The van der Waals surface area contributed by atoms with Crippen LogP contribution >= 0.6 is 0 Å². The van der Waals surface area contributed by atoms with Crippen molar-refractivity contribution in [1.82, 2.24) is 15.2 Å². The third-order valence-corrected chi connectivity index (χ3v) is 8.54. The first kappa shape index (κ1) is 29.6. The van der Waals surface area contributed by atoms with E-state index in [1.165, 1.54) is 0 Å². The zero-order valence-corrected chi connectivity index (χ0v) is 24.0. The number of esters is 1. The number of nitrogens with one attached hydrogen (secondary N) is 2. The normalized spacial score (nSPS) is 24.0. The molecule has 2 aliphatic heterocycles. The number of amides is 2. The molecule has 3 aromatic rings. The number of aromatic nitrogens is 1. The molecule has 3 heterocycles. The summed E-state index contributed by atoms with van der Waals surface area (Å²) in [7, 11) is 0. The SMILES string of the molecule is O=C1N[C@@H](Cc2c[nH]c3ccccc23)COC(=O)[C@@H](Cc2ccccc2)CCC=CC[C@@H]1CC(=O)N1CCC[C@H]1CO. The number of ether oxygens (including phenoxy) is 1. The number of para-hydroxylation sites is 1. The summed E-state index contributed by atoms with van der Waals surface area (Å²) in [5.41, 5.74) is 3.10. The Balaban J connectivity index is 1.36. The number of carbonyl (C=O) groups excluding carboxylic acids is 3. The molecule has 8 heteroatoms. The highest BCUT2D eigenvalue weighted by molar-refractivity contribution is 5.87. The molecular formula is C34H41N3O5.